The number of benzene rings is 1. The number of aromatic nitrogens is 2. The molecule has 0 spiro atoms. The molecule has 3 aliphatic rings. The van der Waals surface area contributed by atoms with Crippen LogP contribution in [0, 0.1) is 5.41 Å². The van der Waals surface area contributed by atoms with Gasteiger partial charge in [-0.25, -0.2) is 4.98 Å². The Morgan fingerprint density at radius 2 is 1.91 bits per heavy atom. The monoisotopic (exact) mass is 448 g/mol. The molecule has 3 heterocycles. The van der Waals surface area contributed by atoms with E-state index < -0.39 is 5.41 Å². The van der Waals surface area contributed by atoms with E-state index in [1.165, 1.54) is 12.8 Å². The smallest absolute Gasteiger partial charge is 0.234 e. The second-order valence-corrected chi connectivity index (χ2v) is 10.0. The number of carbonyl (C=O) groups is 2. The van der Waals surface area contributed by atoms with Gasteiger partial charge in [0.15, 0.2) is 5.82 Å². The number of rotatable bonds is 4. The van der Waals surface area contributed by atoms with Crippen molar-refractivity contribution in [2.45, 2.75) is 58.4 Å². The highest BCUT2D eigenvalue weighted by Crippen LogP contribution is 2.40. The third-order valence-electron chi connectivity index (χ3n) is 7.09. The summed E-state index contributed by atoms with van der Waals surface area (Å²) in [5, 5.41) is 3.32. The van der Waals surface area contributed by atoms with E-state index in [-0.39, 0.29) is 11.8 Å². The fraction of sp³-hybridized carbons (Fsp3) is 0.520. The molecule has 2 amide bonds. The highest BCUT2D eigenvalue weighted by molar-refractivity contribution is 6.01. The van der Waals surface area contributed by atoms with Crippen molar-refractivity contribution in [3.8, 4) is 0 Å². The number of nitrogens with one attached hydrogen (secondary N) is 1. The van der Waals surface area contributed by atoms with Crippen molar-refractivity contribution in [3.05, 3.63) is 30.5 Å². The zero-order chi connectivity index (χ0) is 23.2. The van der Waals surface area contributed by atoms with E-state index in [0.717, 1.165) is 48.7 Å². The van der Waals surface area contributed by atoms with Crippen molar-refractivity contribution < 1.29 is 9.59 Å². The van der Waals surface area contributed by atoms with Crippen LogP contribution in [-0.2, 0) is 9.59 Å². The average molecular weight is 449 g/mol. The van der Waals surface area contributed by atoms with Crippen molar-refractivity contribution in [3.63, 3.8) is 0 Å². The molecule has 174 valence electrons. The molecule has 1 saturated heterocycles. The van der Waals surface area contributed by atoms with Gasteiger partial charge in [-0.05, 0) is 51.3 Å². The van der Waals surface area contributed by atoms with Crippen LogP contribution < -0.4 is 20.0 Å². The zero-order valence-corrected chi connectivity index (χ0v) is 19.7. The SMILES string of the molecule is CN1C(=O)C(C)(C)CN(C2CCCC2)c2nc(Nc3cccc(N4CCCC4=O)c3)ncc21. The van der Waals surface area contributed by atoms with Crippen LogP contribution in [0.3, 0.4) is 0 Å². The first-order valence-corrected chi connectivity index (χ1v) is 11.9. The van der Waals surface area contributed by atoms with E-state index in [1.807, 2.05) is 50.1 Å². The number of fused-ring (bicyclic) bond motifs is 1. The topological polar surface area (TPSA) is 81.7 Å². The van der Waals surface area contributed by atoms with Crippen LogP contribution in [-0.4, -0.2) is 48.0 Å². The molecule has 2 fully saturated rings. The summed E-state index contributed by atoms with van der Waals surface area (Å²) in [6.45, 7) is 5.41. The Bertz CT molecular complexity index is 1080. The first-order chi connectivity index (χ1) is 15.8. The Morgan fingerprint density at radius 1 is 1.12 bits per heavy atom. The quantitative estimate of drug-likeness (QED) is 0.758. The van der Waals surface area contributed by atoms with Gasteiger partial charge >= 0.3 is 0 Å². The molecule has 2 aromatic rings. The van der Waals surface area contributed by atoms with Crippen LogP contribution in [0.2, 0.25) is 0 Å². The van der Waals surface area contributed by atoms with Crippen LogP contribution in [0.15, 0.2) is 30.5 Å². The lowest BCUT2D eigenvalue weighted by atomic mass is 9.91. The molecule has 33 heavy (non-hydrogen) atoms. The lowest BCUT2D eigenvalue weighted by Crippen LogP contribution is -2.45. The summed E-state index contributed by atoms with van der Waals surface area (Å²) in [4.78, 5) is 40.6. The van der Waals surface area contributed by atoms with Crippen molar-refractivity contribution in [2.75, 3.05) is 40.2 Å². The summed E-state index contributed by atoms with van der Waals surface area (Å²) < 4.78 is 0. The second kappa shape index (κ2) is 8.32. The minimum Gasteiger partial charge on any atom is -0.351 e. The number of amides is 2. The molecule has 1 aromatic carbocycles. The maximum absolute atomic E-state index is 13.2. The molecular weight excluding hydrogens is 416 g/mol. The van der Waals surface area contributed by atoms with Gasteiger partial charge in [0.25, 0.3) is 0 Å². The third-order valence-corrected chi connectivity index (χ3v) is 7.09. The van der Waals surface area contributed by atoms with Gasteiger partial charge in [-0.3, -0.25) is 9.59 Å². The molecule has 5 rings (SSSR count). The number of hydrogen-bond acceptors (Lipinski definition) is 6. The van der Waals surface area contributed by atoms with E-state index in [4.69, 9.17) is 4.98 Å². The van der Waals surface area contributed by atoms with Crippen molar-refractivity contribution in [2.24, 2.45) is 5.41 Å². The predicted molar refractivity (Wildman–Crippen MR) is 130 cm³/mol. The van der Waals surface area contributed by atoms with Crippen LogP contribution in [0.25, 0.3) is 0 Å². The second-order valence-electron chi connectivity index (χ2n) is 10.0. The Hall–Kier alpha value is -3.16. The summed E-state index contributed by atoms with van der Waals surface area (Å²) in [5.41, 5.74) is 1.96. The standard InChI is InChI=1S/C25H32N6O2/c1-25(2)16-31(18-9-4-5-10-18)22-20(29(3)23(25)33)15-26-24(28-22)27-17-8-6-11-19(14-17)30-13-7-12-21(30)32/h6,8,11,14-15,18H,4-5,7,9-10,12-13,16H2,1-3H3,(H,26,27,28). The lowest BCUT2D eigenvalue weighted by molar-refractivity contribution is -0.125. The molecule has 2 aliphatic heterocycles. The average Bonchev–Trinajstić information content (AvgIpc) is 3.47. The Labute approximate surface area is 195 Å². The van der Waals surface area contributed by atoms with E-state index in [0.29, 0.717) is 25.0 Å². The first kappa shape index (κ1) is 21.7. The molecule has 1 saturated carbocycles. The van der Waals surface area contributed by atoms with E-state index in [9.17, 15) is 9.59 Å². The van der Waals surface area contributed by atoms with Gasteiger partial charge < -0.3 is 20.0 Å². The highest BCUT2D eigenvalue weighted by Gasteiger charge is 2.41. The zero-order valence-electron chi connectivity index (χ0n) is 19.7. The summed E-state index contributed by atoms with van der Waals surface area (Å²) in [6, 6.07) is 8.19. The van der Waals surface area contributed by atoms with Gasteiger partial charge in [-0.15, -0.1) is 0 Å². The lowest BCUT2D eigenvalue weighted by Gasteiger charge is -2.34. The third kappa shape index (κ3) is 4.03. The van der Waals surface area contributed by atoms with Gasteiger partial charge in [0.2, 0.25) is 17.8 Å². The van der Waals surface area contributed by atoms with E-state index in [1.54, 1.807) is 11.1 Å². The van der Waals surface area contributed by atoms with Gasteiger partial charge in [0.05, 0.1) is 11.6 Å². The molecule has 0 unspecified atom stereocenters. The van der Waals surface area contributed by atoms with Crippen molar-refractivity contribution >= 4 is 40.6 Å². The molecule has 1 aromatic heterocycles. The largest absolute Gasteiger partial charge is 0.351 e. The Kier molecular flexibility index (Phi) is 5.46. The maximum atomic E-state index is 13.2. The molecular formula is C25H32N6O2. The summed E-state index contributed by atoms with van der Waals surface area (Å²) in [6.07, 6.45) is 7.89. The molecule has 8 nitrogen and oxygen atoms in total. The van der Waals surface area contributed by atoms with Crippen LogP contribution in [0.5, 0.6) is 0 Å². The van der Waals surface area contributed by atoms with Gasteiger partial charge in [0, 0.05) is 44.0 Å². The number of carbonyl (C=O) groups excluding carboxylic acids is 2. The Morgan fingerprint density at radius 3 is 2.64 bits per heavy atom. The number of anilines is 5. The maximum Gasteiger partial charge on any atom is 0.234 e. The molecule has 0 bridgehead atoms. The molecule has 8 heteroatoms. The predicted octanol–water partition coefficient (Wildman–Crippen LogP) is 4.10. The molecule has 0 atom stereocenters. The summed E-state index contributed by atoms with van der Waals surface area (Å²) >= 11 is 0. The molecule has 1 aliphatic carbocycles. The fourth-order valence-corrected chi connectivity index (χ4v) is 5.33. The number of nitrogens with zero attached hydrogens (tertiary/aromatic N) is 5. The van der Waals surface area contributed by atoms with Gasteiger partial charge in [-0.2, -0.15) is 4.98 Å². The minimum atomic E-state index is -0.512. The Balaban J connectivity index is 1.48. The van der Waals surface area contributed by atoms with Crippen LogP contribution >= 0.6 is 0 Å². The molecule has 0 radical (unpaired) electrons. The van der Waals surface area contributed by atoms with Gasteiger partial charge in [0.1, 0.15) is 5.69 Å². The minimum absolute atomic E-state index is 0.0801. The molecule has 1 N–H and O–H groups in total. The number of hydrogen-bond donors (Lipinski definition) is 1. The van der Waals surface area contributed by atoms with Crippen LogP contribution in [0.4, 0.5) is 28.8 Å². The summed E-state index contributed by atoms with van der Waals surface area (Å²) in [7, 11) is 1.81. The van der Waals surface area contributed by atoms with Crippen molar-refractivity contribution in [1.82, 2.24) is 9.97 Å². The van der Waals surface area contributed by atoms with Crippen molar-refractivity contribution in [1.29, 1.82) is 0 Å². The van der Waals surface area contributed by atoms with E-state index >= 15 is 0 Å². The first-order valence-electron chi connectivity index (χ1n) is 11.9. The van der Waals surface area contributed by atoms with E-state index in [2.05, 4.69) is 15.2 Å². The fourth-order valence-electron chi connectivity index (χ4n) is 5.33. The van der Waals surface area contributed by atoms with Gasteiger partial charge in [-0.1, -0.05) is 18.9 Å². The highest BCUT2D eigenvalue weighted by atomic mass is 16.2. The summed E-state index contributed by atoms with van der Waals surface area (Å²) in [5.74, 6) is 1.54. The normalized spacial score (nSPS) is 20.9. The van der Waals surface area contributed by atoms with Crippen LogP contribution in [0.1, 0.15) is 52.4 Å².